The second-order valence-electron chi connectivity index (χ2n) is 7.81. The second-order valence-corrected chi connectivity index (χ2v) is 7.81. The fraction of sp³-hybridized carbons (Fsp3) is 0.652. The zero-order chi connectivity index (χ0) is 18.6. The average Bonchev–Trinajstić information content (AvgIpc) is 2.62. The molecular formula is C23H35NO2. The summed E-state index contributed by atoms with van der Waals surface area (Å²) >= 11 is 0. The van der Waals surface area contributed by atoms with Gasteiger partial charge in [0.15, 0.2) is 5.78 Å². The van der Waals surface area contributed by atoms with Crippen LogP contribution in [0.15, 0.2) is 24.3 Å². The minimum atomic E-state index is 0.0301. The van der Waals surface area contributed by atoms with Crippen molar-refractivity contribution < 1.29 is 9.59 Å². The van der Waals surface area contributed by atoms with E-state index in [9.17, 15) is 9.59 Å². The zero-order valence-corrected chi connectivity index (χ0v) is 16.4. The van der Waals surface area contributed by atoms with Gasteiger partial charge in [0.1, 0.15) is 0 Å². The van der Waals surface area contributed by atoms with Gasteiger partial charge in [0.25, 0.3) is 0 Å². The molecule has 26 heavy (non-hydrogen) atoms. The highest BCUT2D eigenvalue weighted by atomic mass is 16.2. The van der Waals surface area contributed by atoms with Gasteiger partial charge in [-0.05, 0) is 19.8 Å². The summed E-state index contributed by atoms with van der Waals surface area (Å²) in [6.45, 7) is 2.00. The van der Waals surface area contributed by atoms with Crippen molar-refractivity contribution in [2.75, 3.05) is 0 Å². The molecule has 1 aromatic carbocycles. The van der Waals surface area contributed by atoms with Crippen LogP contribution in [0, 0.1) is 6.92 Å². The molecule has 144 valence electrons. The van der Waals surface area contributed by atoms with Gasteiger partial charge in [-0.15, -0.1) is 0 Å². The first-order chi connectivity index (χ1) is 12.6. The maximum absolute atomic E-state index is 12.3. The summed E-state index contributed by atoms with van der Waals surface area (Å²) in [6, 6.07) is 7.87. The third-order valence-electron chi connectivity index (χ3n) is 5.42. The van der Waals surface area contributed by atoms with Crippen LogP contribution in [0.25, 0.3) is 0 Å². The molecule has 1 aliphatic carbocycles. The lowest BCUT2D eigenvalue weighted by Gasteiger charge is -2.19. The van der Waals surface area contributed by atoms with E-state index in [1.807, 2.05) is 31.2 Å². The monoisotopic (exact) mass is 357 g/mol. The summed E-state index contributed by atoms with van der Waals surface area (Å²) in [6.07, 6.45) is 14.5. The van der Waals surface area contributed by atoms with Gasteiger partial charge in [-0.25, -0.2) is 0 Å². The van der Waals surface area contributed by atoms with Crippen LogP contribution in [0.3, 0.4) is 0 Å². The number of ketones is 1. The first-order valence-corrected chi connectivity index (χ1v) is 10.5. The molecule has 1 aliphatic rings. The summed E-state index contributed by atoms with van der Waals surface area (Å²) in [5.41, 5.74) is 1.84. The van der Waals surface area contributed by atoms with E-state index >= 15 is 0 Å². The Hall–Kier alpha value is -1.64. The normalized spacial score (nSPS) is 17.7. The molecule has 0 unspecified atom stereocenters. The van der Waals surface area contributed by atoms with Crippen LogP contribution in [-0.2, 0) is 4.79 Å². The third kappa shape index (κ3) is 8.16. The number of aryl methyl sites for hydroxylation is 1. The molecule has 1 saturated carbocycles. The molecule has 0 spiro atoms. The molecular weight excluding hydrogens is 322 g/mol. The Kier molecular flexibility index (Phi) is 9.44. The number of nitrogens with one attached hydrogen (secondary N) is 1. The van der Waals surface area contributed by atoms with Crippen molar-refractivity contribution in [3.8, 4) is 0 Å². The van der Waals surface area contributed by atoms with Gasteiger partial charge in [-0.1, -0.05) is 87.6 Å². The van der Waals surface area contributed by atoms with Crippen LogP contribution in [-0.4, -0.2) is 17.7 Å². The minimum absolute atomic E-state index is 0.0301. The lowest BCUT2D eigenvalue weighted by Crippen LogP contribution is -2.35. The highest BCUT2D eigenvalue weighted by Gasteiger charge is 2.14. The first kappa shape index (κ1) is 20.7. The van der Waals surface area contributed by atoms with Gasteiger partial charge in [-0.2, -0.15) is 0 Å². The summed E-state index contributed by atoms with van der Waals surface area (Å²) in [7, 11) is 0. The Labute approximate surface area is 159 Å². The van der Waals surface area contributed by atoms with Gasteiger partial charge < -0.3 is 5.32 Å². The molecule has 0 atom stereocenters. The number of amides is 1. The van der Waals surface area contributed by atoms with E-state index in [-0.39, 0.29) is 17.7 Å². The van der Waals surface area contributed by atoms with Gasteiger partial charge in [0.05, 0.1) is 0 Å². The molecule has 0 bridgehead atoms. The van der Waals surface area contributed by atoms with Gasteiger partial charge in [-0.3, -0.25) is 9.59 Å². The lowest BCUT2D eigenvalue weighted by atomic mass is 9.97. The standard InChI is InChI=1S/C23H35NO2/c1-19-13-15-20(16-14-19)22(25)17-18-23(26)24-21-11-9-7-5-3-2-4-6-8-10-12-21/h13-16,21H,2-12,17-18H2,1H3,(H,24,26). The van der Waals surface area contributed by atoms with E-state index in [4.69, 9.17) is 0 Å². The Balaban J connectivity index is 1.74. The van der Waals surface area contributed by atoms with E-state index in [0.717, 1.165) is 18.4 Å². The maximum atomic E-state index is 12.3. The van der Waals surface area contributed by atoms with Crippen molar-refractivity contribution in [2.45, 2.75) is 96.4 Å². The van der Waals surface area contributed by atoms with E-state index in [1.54, 1.807) is 0 Å². The Morgan fingerprint density at radius 1 is 0.808 bits per heavy atom. The predicted molar refractivity (Wildman–Crippen MR) is 107 cm³/mol. The van der Waals surface area contributed by atoms with Crippen LogP contribution < -0.4 is 5.32 Å². The second kappa shape index (κ2) is 11.9. The van der Waals surface area contributed by atoms with Gasteiger partial charge in [0.2, 0.25) is 5.91 Å². The number of hydrogen-bond acceptors (Lipinski definition) is 2. The van der Waals surface area contributed by atoms with Crippen molar-refractivity contribution in [1.82, 2.24) is 5.32 Å². The lowest BCUT2D eigenvalue weighted by molar-refractivity contribution is -0.121. The quantitative estimate of drug-likeness (QED) is 0.682. The third-order valence-corrected chi connectivity index (χ3v) is 5.42. The number of carbonyl (C=O) groups is 2. The van der Waals surface area contributed by atoms with Crippen molar-refractivity contribution in [3.05, 3.63) is 35.4 Å². The fourth-order valence-corrected chi connectivity index (χ4v) is 3.72. The van der Waals surface area contributed by atoms with E-state index in [0.29, 0.717) is 18.4 Å². The molecule has 2 rings (SSSR count). The molecule has 0 aliphatic heterocycles. The summed E-state index contributed by atoms with van der Waals surface area (Å²) < 4.78 is 0. The number of carbonyl (C=O) groups excluding carboxylic acids is 2. The number of Topliss-reactive ketones (excluding diaryl/α,β-unsaturated/α-hetero) is 1. The molecule has 1 N–H and O–H groups in total. The first-order valence-electron chi connectivity index (χ1n) is 10.5. The van der Waals surface area contributed by atoms with Crippen LogP contribution in [0.1, 0.15) is 99.4 Å². The van der Waals surface area contributed by atoms with Crippen molar-refractivity contribution in [1.29, 1.82) is 0 Å². The molecule has 0 saturated heterocycles. The van der Waals surface area contributed by atoms with Crippen LogP contribution in [0.4, 0.5) is 0 Å². The van der Waals surface area contributed by atoms with Crippen molar-refractivity contribution in [2.24, 2.45) is 0 Å². The van der Waals surface area contributed by atoms with E-state index in [1.165, 1.54) is 57.8 Å². The van der Waals surface area contributed by atoms with Crippen LogP contribution in [0.2, 0.25) is 0 Å². The number of hydrogen-bond donors (Lipinski definition) is 1. The molecule has 3 nitrogen and oxygen atoms in total. The number of rotatable bonds is 5. The molecule has 0 heterocycles. The summed E-state index contributed by atoms with van der Waals surface area (Å²) in [4.78, 5) is 24.5. The highest BCUT2D eigenvalue weighted by Crippen LogP contribution is 2.17. The molecule has 0 radical (unpaired) electrons. The zero-order valence-electron chi connectivity index (χ0n) is 16.4. The highest BCUT2D eigenvalue weighted by molar-refractivity contribution is 5.97. The molecule has 1 amide bonds. The number of benzene rings is 1. The summed E-state index contributed by atoms with van der Waals surface area (Å²) in [5, 5.41) is 3.20. The largest absolute Gasteiger partial charge is 0.353 e. The molecule has 3 heteroatoms. The Morgan fingerprint density at radius 2 is 1.31 bits per heavy atom. The van der Waals surface area contributed by atoms with Gasteiger partial charge >= 0.3 is 0 Å². The van der Waals surface area contributed by atoms with Crippen LogP contribution in [0.5, 0.6) is 0 Å². The summed E-state index contributed by atoms with van der Waals surface area (Å²) in [5.74, 6) is 0.0846. The molecule has 1 fully saturated rings. The van der Waals surface area contributed by atoms with E-state index in [2.05, 4.69) is 5.32 Å². The van der Waals surface area contributed by atoms with Crippen molar-refractivity contribution in [3.63, 3.8) is 0 Å². The predicted octanol–water partition coefficient (Wildman–Crippen LogP) is 5.75. The Bertz CT molecular complexity index is 538. The maximum Gasteiger partial charge on any atom is 0.220 e. The smallest absolute Gasteiger partial charge is 0.220 e. The molecule has 0 aromatic heterocycles. The topological polar surface area (TPSA) is 46.2 Å². The fourth-order valence-electron chi connectivity index (χ4n) is 3.72. The SMILES string of the molecule is Cc1ccc(C(=O)CCC(=O)NC2CCCCCCCCCCC2)cc1. The van der Waals surface area contributed by atoms with E-state index < -0.39 is 0 Å². The minimum Gasteiger partial charge on any atom is -0.353 e. The van der Waals surface area contributed by atoms with Gasteiger partial charge in [0, 0.05) is 24.4 Å². The van der Waals surface area contributed by atoms with Crippen LogP contribution >= 0.6 is 0 Å². The van der Waals surface area contributed by atoms with Crippen molar-refractivity contribution >= 4 is 11.7 Å². The average molecular weight is 358 g/mol. The Morgan fingerprint density at radius 3 is 1.85 bits per heavy atom. The molecule has 1 aromatic rings.